The van der Waals surface area contributed by atoms with E-state index in [0.717, 1.165) is 36.4 Å². The Hall–Kier alpha value is -0.430. The molecule has 0 radical (unpaired) electrons. The topological polar surface area (TPSA) is 58.2 Å². The monoisotopic (exact) mass is 304 g/mol. The van der Waals surface area contributed by atoms with Crippen molar-refractivity contribution in [2.24, 2.45) is 0 Å². The summed E-state index contributed by atoms with van der Waals surface area (Å²) in [6, 6.07) is 1.74. The van der Waals surface area contributed by atoms with Crippen LogP contribution < -0.4 is 10.0 Å². The molecule has 0 aliphatic heterocycles. The van der Waals surface area contributed by atoms with E-state index in [9.17, 15) is 8.42 Å². The van der Waals surface area contributed by atoms with Crippen molar-refractivity contribution in [2.45, 2.75) is 57.3 Å². The van der Waals surface area contributed by atoms with Crippen molar-refractivity contribution in [2.75, 3.05) is 6.54 Å². The number of thiophene rings is 1. The predicted octanol–water partition coefficient (Wildman–Crippen LogP) is 2.63. The van der Waals surface area contributed by atoms with E-state index in [0.29, 0.717) is 4.21 Å². The largest absolute Gasteiger partial charge is 0.312 e. The van der Waals surface area contributed by atoms with Gasteiger partial charge in [0.2, 0.25) is 10.0 Å². The zero-order valence-corrected chi connectivity index (χ0v) is 13.7. The Kier molecular flexibility index (Phi) is 6.46. The van der Waals surface area contributed by atoms with E-state index in [1.54, 1.807) is 6.07 Å². The molecule has 1 aromatic heterocycles. The molecule has 0 aromatic carbocycles. The first-order chi connectivity index (χ1) is 8.90. The third-order valence-corrected chi connectivity index (χ3v) is 6.18. The summed E-state index contributed by atoms with van der Waals surface area (Å²) in [6.07, 6.45) is 1.83. The molecule has 19 heavy (non-hydrogen) atoms. The van der Waals surface area contributed by atoms with Crippen LogP contribution in [-0.4, -0.2) is 21.0 Å². The molecule has 0 saturated heterocycles. The molecule has 0 bridgehead atoms. The van der Waals surface area contributed by atoms with Gasteiger partial charge in [-0.25, -0.2) is 13.1 Å². The van der Waals surface area contributed by atoms with Crippen LogP contribution >= 0.6 is 11.3 Å². The highest BCUT2D eigenvalue weighted by molar-refractivity contribution is 7.91. The van der Waals surface area contributed by atoms with Gasteiger partial charge in [-0.1, -0.05) is 20.3 Å². The van der Waals surface area contributed by atoms with E-state index in [1.165, 1.54) is 11.3 Å². The molecule has 6 heteroatoms. The SMILES string of the molecule is CCCC(C)NS(=O)(=O)c1cc(C)c(CNCC)s1. The summed E-state index contributed by atoms with van der Waals surface area (Å²) >= 11 is 1.35. The van der Waals surface area contributed by atoms with Crippen molar-refractivity contribution in [3.8, 4) is 0 Å². The lowest BCUT2D eigenvalue weighted by molar-refractivity contribution is 0.545. The van der Waals surface area contributed by atoms with E-state index in [-0.39, 0.29) is 6.04 Å². The van der Waals surface area contributed by atoms with Crippen LogP contribution in [0.5, 0.6) is 0 Å². The minimum Gasteiger partial charge on any atom is -0.312 e. The first kappa shape index (κ1) is 16.6. The normalized spacial score (nSPS) is 13.7. The van der Waals surface area contributed by atoms with Crippen LogP contribution in [0.3, 0.4) is 0 Å². The van der Waals surface area contributed by atoms with Crippen LogP contribution in [-0.2, 0) is 16.6 Å². The summed E-state index contributed by atoms with van der Waals surface area (Å²) in [7, 11) is -3.37. The second kappa shape index (κ2) is 7.38. The van der Waals surface area contributed by atoms with Crippen LogP contribution in [0.1, 0.15) is 44.1 Å². The Balaban J connectivity index is 2.84. The fourth-order valence-electron chi connectivity index (χ4n) is 1.85. The molecule has 0 aliphatic carbocycles. The van der Waals surface area contributed by atoms with Crippen LogP contribution in [0, 0.1) is 6.92 Å². The summed E-state index contributed by atoms with van der Waals surface area (Å²) in [5, 5.41) is 3.23. The van der Waals surface area contributed by atoms with Gasteiger partial charge in [0.05, 0.1) is 0 Å². The minimum absolute atomic E-state index is 0.0189. The van der Waals surface area contributed by atoms with Crippen molar-refractivity contribution in [3.63, 3.8) is 0 Å². The lowest BCUT2D eigenvalue weighted by Gasteiger charge is -2.11. The Morgan fingerprint density at radius 3 is 2.63 bits per heavy atom. The number of nitrogens with one attached hydrogen (secondary N) is 2. The molecule has 1 atom stereocenters. The highest BCUT2D eigenvalue weighted by atomic mass is 32.2. The smallest absolute Gasteiger partial charge is 0.250 e. The first-order valence-corrected chi connectivity index (χ1v) is 9.03. The van der Waals surface area contributed by atoms with Gasteiger partial charge >= 0.3 is 0 Å². The van der Waals surface area contributed by atoms with Gasteiger partial charge in [-0.15, -0.1) is 11.3 Å². The van der Waals surface area contributed by atoms with Crippen LogP contribution in [0.25, 0.3) is 0 Å². The van der Waals surface area contributed by atoms with Gasteiger partial charge in [-0.05, 0) is 38.4 Å². The third kappa shape index (κ3) is 4.87. The molecule has 2 N–H and O–H groups in total. The quantitative estimate of drug-likeness (QED) is 0.776. The van der Waals surface area contributed by atoms with Gasteiger partial charge in [0.15, 0.2) is 0 Å². The maximum atomic E-state index is 12.2. The molecule has 110 valence electrons. The van der Waals surface area contributed by atoms with E-state index in [1.807, 2.05) is 20.8 Å². The first-order valence-electron chi connectivity index (χ1n) is 6.73. The van der Waals surface area contributed by atoms with Gasteiger partial charge in [0.25, 0.3) is 0 Å². The molecule has 4 nitrogen and oxygen atoms in total. The van der Waals surface area contributed by atoms with Gasteiger partial charge in [-0.3, -0.25) is 0 Å². The van der Waals surface area contributed by atoms with Gasteiger partial charge in [0, 0.05) is 17.5 Å². The summed E-state index contributed by atoms with van der Waals surface area (Å²) in [6.45, 7) is 9.56. The maximum Gasteiger partial charge on any atom is 0.250 e. The number of rotatable bonds is 8. The summed E-state index contributed by atoms with van der Waals surface area (Å²) < 4.78 is 27.6. The molecule has 1 heterocycles. The van der Waals surface area contributed by atoms with E-state index in [4.69, 9.17) is 0 Å². The van der Waals surface area contributed by atoms with Crippen molar-refractivity contribution >= 4 is 21.4 Å². The third-order valence-electron chi connectivity index (χ3n) is 2.88. The average Bonchev–Trinajstić information content (AvgIpc) is 2.68. The predicted molar refractivity (Wildman–Crippen MR) is 81.1 cm³/mol. The van der Waals surface area contributed by atoms with Crippen LogP contribution in [0.2, 0.25) is 0 Å². The lowest BCUT2D eigenvalue weighted by atomic mass is 10.2. The molecule has 0 aliphatic rings. The molecule has 1 rings (SSSR count). The van der Waals surface area contributed by atoms with Crippen molar-refractivity contribution in [1.29, 1.82) is 0 Å². The molecular formula is C13H24N2O2S2. The second-order valence-corrected chi connectivity index (χ2v) is 7.84. The Morgan fingerprint density at radius 1 is 1.37 bits per heavy atom. The fraction of sp³-hybridized carbons (Fsp3) is 0.692. The minimum atomic E-state index is -3.37. The second-order valence-electron chi connectivity index (χ2n) is 4.76. The van der Waals surface area contributed by atoms with E-state index < -0.39 is 10.0 Å². The van der Waals surface area contributed by atoms with Gasteiger partial charge in [-0.2, -0.15) is 0 Å². The van der Waals surface area contributed by atoms with Gasteiger partial charge in [0.1, 0.15) is 4.21 Å². The van der Waals surface area contributed by atoms with Crippen molar-refractivity contribution < 1.29 is 8.42 Å². The number of hydrogen-bond donors (Lipinski definition) is 2. The average molecular weight is 304 g/mol. The zero-order valence-electron chi connectivity index (χ0n) is 12.1. The molecule has 1 unspecified atom stereocenters. The van der Waals surface area contributed by atoms with E-state index in [2.05, 4.69) is 17.0 Å². The van der Waals surface area contributed by atoms with Crippen molar-refractivity contribution in [3.05, 3.63) is 16.5 Å². The summed E-state index contributed by atoms with van der Waals surface area (Å²) in [4.78, 5) is 1.09. The lowest BCUT2D eigenvalue weighted by Crippen LogP contribution is -2.31. The van der Waals surface area contributed by atoms with E-state index >= 15 is 0 Å². The van der Waals surface area contributed by atoms with Crippen LogP contribution in [0.15, 0.2) is 10.3 Å². The van der Waals surface area contributed by atoms with Crippen LogP contribution in [0.4, 0.5) is 0 Å². The maximum absolute atomic E-state index is 12.2. The summed E-state index contributed by atoms with van der Waals surface area (Å²) in [5.74, 6) is 0. The number of hydrogen-bond acceptors (Lipinski definition) is 4. The molecule has 0 fully saturated rings. The van der Waals surface area contributed by atoms with Gasteiger partial charge < -0.3 is 5.32 Å². The Bertz CT molecular complexity index is 495. The molecule has 0 amide bonds. The molecule has 0 saturated carbocycles. The standard InChI is InChI=1S/C13H24N2O2S2/c1-5-7-11(4)15-19(16,17)13-8-10(3)12(18-13)9-14-6-2/h8,11,14-15H,5-7,9H2,1-4H3. The number of aryl methyl sites for hydroxylation is 1. The Labute approximate surface area is 120 Å². The molecule has 0 spiro atoms. The highest BCUT2D eigenvalue weighted by Gasteiger charge is 2.20. The highest BCUT2D eigenvalue weighted by Crippen LogP contribution is 2.26. The molecular weight excluding hydrogens is 280 g/mol. The molecule has 1 aromatic rings. The van der Waals surface area contributed by atoms with Crippen molar-refractivity contribution in [1.82, 2.24) is 10.0 Å². The Morgan fingerprint density at radius 2 is 2.05 bits per heavy atom. The number of sulfonamides is 1. The fourth-order valence-corrected chi connectivity index (χ4v) is 4.70. The zero-order chi connectivity index (χ0) is 14.5. The summed E-state index contributed by atoms with van der Waals surface area (Å²) in [5.41, 5.74) is 1.04.